The lowest BCUT2D eigenvalue weighted by Gasteiger charge is -2.10. The molecule has 0 bridgehead atoms. The van der Waals surface area contributed by atoms with E-state index in [4.69, 9.17) is 10.6 Å². The van der Waals surface area contributed by atoms with Crippen molar-refractivity contribution in [1.82, 2.24) is 0 Å². The van der Waals surface area contributed by atoms with Crippen molar-refractivity contribution in [1.29, 1.82) is 0 Å². The second-order valence-corrected chi connectivity index (χ2v) is 3.55. The molecule has 3 nitrogen and oxygen atoms in total. The first-order chi connectivity index (χ1) is 7.26. The molecule has 0 radical (unpaired) electrons. The molecule has 0 saturated carbocycles. The lowest BCUT2D eigenvalue weighted by Crippen LogP contribution is -2.05. The first-order valence-electron chi connectivity index (χ1n) is 5.20. The van der Waals surface area contributed by atoms with Crippen LogP contribution < -0.4 is 5.84 Å². The van der Waals surface area contributed by atoms with Crippen molar-refractivity contribution >= 4 is 6.21 Å². The third-order valence-corrected chi connectivity index (χ3v) is 2.31. The Hall–Kier alpha value is -1.35. The molecule has 1 atom stereocenters. The molecule has 2 N–H and O–H groups in total. The zero-order chi connectivity index (χ0) is 11.1. The molecule has 0 heterocycles. The summed E-state index contributed by atoms with van der Waals surface area (Å²) in [6, 6.07) is 8.01. The molecule has 82 valence electrons. The van der Waals surface area contributed by atoms with E-state index in [0.29, 0.717) is 12.7 Å². The van der Waals surface area contributed by atoms with Gasteiger partial charge in [0, 0.05) is 0 Å². The topological polar surface area (TPSA) is 47.6 Å². The van der Waals surface area contributed by atoms with Gasteiger partial charge in [-0.2, -0.15) is 5.10 Å². The smallest absolute Gasteiger partial charge is 0.0720 e. The molecule has 0 saturated heterocycles. The molecule has 0 aliphatic heterocycles. The van der Waals surface area contributed by atoms with E-state index >= 15 is 0 Å². The van der Waals surface area contributed by atoms with Gasteiger partial charge in [0.05, 0.1) is 18.9 Å². The maximum absolute atomic E-state index is 5.62. The van der Waals surface area contributed by atoms with E-state index in [1.807, 2.05) is 24.3 Å². The van der Waals surface area contributed by atoms with Crippen LogP contribution in [0, 0.1) is 0 Å². The first-order valence-corrected chi connectivity index (χ1v) is 5.20. The Morgan fingerprint density at radius 1 is 1.40 bits per heavy atom. The zero-order valence-corrected chi connectivity index (χ0v) is 9.31. The van der Waals surface area contributed by atoms with E-state index in [2.05, 4.69) is 18.9 Å². The van der Waals surface area contributed by atoms with Gasteiger partial charge in [-0.05, 0) is 24.5 Å². The minimum atomic E-state index is 0.315. The van der Waals surface area contributed by atoms with Gasteiger partial charge in [0.2, 0.25) is 0 Å². The molecule has 0 aromatic heterocycles. The summed E-state index contributed by atoms with van der Waals surface area (Å²) in [5.41, 5.74) is 2.18. The first kappa shape index (κ1) is 11.7. The summed E-state index contributed by atoms with van der Waals surface area (Å²) < 4.78 is 5.62. The molecule has 0 aliphatic carbocycles. The maximum atomic E-state index is 5.62. The summed E-state index contributed by atoms with van der Waals surface area (Å²) in [5.74, 6) is 5.06. The fraction of sp³-hybridized carbons (Fsp3) is 0.417. The van der Waals surface area contributed by atoms with E-state index in [9.17, 15) is 0 Å². The number of rotatable bonds is 5. The number of ether oxygens (including phenoxy) is 1. The van der Waals surface area contributed by atoms with Gasteiger partial charge in [0.1, 0.15) is 0 Å². The fourth-order valence-corrected chi connectivity index (χ4v) is 1.14. The van der Waals surface area contributed by atoms with E-state index in [1.54, 1.807) is 6.21 Å². The van der Waals surface area contributed by atoms with Gasteiger partial charge in [-0.25, -0.2) is 0 Å². The Kier molecular flexibility index (Phi) is 4.84. The normalized spacial score (nSPS) is 13.2. The van der Waals surface area contributed by atoms with E-state index in [-0.39, 0.29) is 0 Å². The Balaban J connectivity index is 2.49. The average Bonchev–Trinajstić information content (AvgIpc) is 2.28. The Labute approximate surface area is 90.9 Å². The molecule has 1 aromatic rings. The SMILES string of the molecule is CCC(C)OCc1ccc(C=NN)cc1. The molecule has 0 aliphatic rings. The average molecular weight is 206 g/mol. The van der Waals surface area contributed by atoms with Crippen LogP contribution in [0.4, 0.5) is 0 Å². The summed E-state index contributed by atoms with van der Waals surface area (Å²) in [6.45, 7) is 4.86. The molecule has 1 unspecified atom stereocenters. The van der Waals surface area contributed by atoms with Crippen LogP contribution in [0.2, 0.25) is 0 Å². The number of hydrogen-bond acceptors (Lipinski definition) is 3. The Morgan fingerprint density at radius 3 is 2.60 bits per heavy atom. The van der Waals surface area contributed by atoms with Crippen LogP contribution in [0.5, 0.6) is 0 Å². The van der Waals surface area contributed by atoms with Gasteiger partial charge in [-0.3, -0.25) is 0 Å². The third-order valence-electron chi connectivity index (χ3n) is 2.31. The van der Waals surface area contributed by atoms with Crippen LogP contribution >= 0.6 is 0 Å². The zero-order valence-electron chi connectivity index (χ0n) is 9.31. The Morgan fingerprint density at radius 2 is 2.07 bits per heavy atom. The summed E-state index contributed by atoms with van der Waals surface area (Å²) in [6.07, 6.45) is 2.98. The van der Waals surface area contributed by atoms with Gasteiger partial charge in [0.25, 0.3) is 0 Å². The van der Waals surface area contributed by atoms with Crippen LogP contribution in [0.3, 0.4) is 0 Å². The second-order valence-electron chi connectivity index (χ2n) is 3.55. The number of hydrazone groups is 1. The van der Waals surface area contributed by atoms with Crippen LogP contribution in [-0.4, -0.2) is 12.3 Å². The summed E-state index contributed by atoms with van der Waals surface area (Å²) in [7, 11) is 0. The summed E-state index contributed by atoms with van der Waals surface area (Å²) >= 11 is 0. The van der Waals surface area contributed by atoms with Gasteiger partial charge in [-0.15, -0.1) is 0 Å². The van der Waals surface area contributed by atoms with Crippen molar-refractivity contribution in [3.8, 4) is 0 Å². The van der Waals surface area contributed by atoms with Gasteiger partial charge in [0.15, 0.2) is 0 Å². The fourth-order valence-electron chi connectivity index (χ4n) is 1.14. The highest BCUT2D eigenvalue weighted by Gasteiger charge is 1.99. The van der Waals surface area contributed by atoms with Crippen molar-refractivity contribution in [2.45, 2.75) is 33.0 Å². The maximum Gasteiger partial charge on any atom is 0.0720 e. The van der Waals surface area contributed by atoms with Crippen LogP contribution in [-0.2, 0) is 11.3 Å². The number of nitrogens with two attached hydrogens (primary N) is 1. The summed E-state index contributed by atoms with van der Waals surface area (Å²) in [5, 5.41) is 3.47. The lowest BCUT2D eigenvalue weighted by atomic mass is 10.1. The highest BCUT2D eigenvalue weighted by molar-refractivity contribution is 5.79. The van der Waals surface area contributed by atoms with Gasteiger partial charge >= 0.3 is 0 Å². The minimum Gasteiger partial charge on any atom is -0.374 e. The van der Waals surface area contributed by atoms with Crippen molar-refractivity contribution in [2.75, 3.05) is 0 Å². The molecular formula is C12H18N2O. The minimum absolute atomic E-state index is 0.315. The van der Waals surface area contributed by atoms with Crippen LogP contribution in [0.1, 0.15) is 31.4 Å². The van der Waals surface area contributed by atoms with E-state index in [0.717, 1.165) is 12.0 Å². The molecule has 3 heteroatoms. The Bertz CT molecular complexity index is 306. The number of hydrogen-bond donors (Lipinski definition) is 1. The molecular weight excluding hydrogens is 188 g/mol. The lowest BCUT2D eigenvalue weighted by molar-refractivity contribution is 0.0508. The third kappa shape index (κ3) is 4.13. The molecule has 1 rings (SSSR count). The quantitative estimate of drug-likeness (QED) is 0.456. The monoisotopic (exact) mass is 206 g/mol. The number of benzene rings is 1. The number of nitrogens with zero attached hydrogens (tertiary/aromatic N) is 1. The standard InChI is InChI=1S/C12H18N2O/c1-3-10(2)15-9-12-6-4-11(5-7-12)8-14-13/h4-8,10H,3,9,13H2,1-2H3. The summed E-state index contributed by atoms with van der Waals surface area (Å²) in [4.78, 5) is 0. The molecule has 0 spiro atoms. The molecule has 15 heavy (non-hydrogen) atoms. The predicted octanol–water partition coefficient (Wildman–Crippen LogP) is 2.29. The molecule has 0 fully saturated rings. The second kappa shape index (κ2) is 6.19. The molecule has 0 amide bonds. The highest BCUT2D eigenvalue weighted by Crippen LogP contribution is 2.06. The van der Waals surface area contributed by atoms with Crippen LogP contribution in [0.25, 0.3) is 0 Å². The van der Waals surface area contributed by atoms with Crippen LogP contribution in [0.15, 0.2) is 29.4 Å². The van der Waals surface area contributed by atoms with Gasteiger partial charge < -0.3 is 10.6 Å². The van der Waals surface area contributed by atoms with Crippen molar-refractivity contribution in [3.63, 3.8) is 0 Å². The predicted molar refractivity (Wildman–Crippen MR) is 62.8 cm³/mol. The molecule has 1 aromatic carbocycles. The van der Waals surface area contributed by atoms with Crippen molar-refractivity contribution < 1.29 is 4.74 Å². The van der Waals surface area contributed by atoms with Crippen molar-refractivity contribution in [2.24, 2.45) is 10.9 Å². The largest absolute Gasteiger partial charge is 0.374 e. The van der Waals surface area contributed by atoms with Crippen molar-refractivity contribution in [3.05, 3.63) is 35.4 Å². The van der Waals surface area contributed by atoms with E-state index < -0.39 is 0 Å². The van der Waals surface area contributed by atoms with Gasteiger partial charge in [-0.1, -0.05) is 31.2 Å². The highest BCUT2D eigenvalue weighted by atomic mass is 16.5. The van der Waals surface area contributed by atoms with E-state index in [1.165, 1.54) is 5.56 Å².